The van der Waals surface area contributed by atoms with E-state index in [4.69, 9.17) is 5.73 Å². The molecule has 0 aliphatic heterocycles. The standard InChI is InChI=1S/C7H14N2O/c1-3-4-5-6(2)9-7(8)10/h3-5H2,1-2H3,(H2,8,10). The fourth-order valence-electron chi connectivity index (χ4n) is 0.677. The number of nitrogens with zero attached hydrogens (tertiary/aromatic N) is 1. The van der Waals surface area contributed by atoms with E-state index in [1.807, 2.05) is 6.92 Å². The van der Waals surface area contributed by atoms with Gasteiger partial charge in [0.2, 0.25) is 0 Å². The molecule has 0 radical (unpaired) electrons. The van der Waals surface area contributed by atoms with Crippen LogP contribution in [0.2, 0.25) is 0 Å². The zero-order valence-electron chi connectivity index (χ0n) is 6.55. The van der Waals surface area contributed by atoms with Gasteiger partial charge < -0.3 is 5.73 Å². The lowest BCUT2D eigenvalue weighted by Gasteiger charge is -1.94. The van der Waals surface area contributed by atoms with Crippen molar-refractivity contribution in [1.82, 2.24) is 0 Å². The van der Waals surface area contributed by atoms with E-state index >= 15 is 0 Å². The van der Waals surface area contributed by atoms with Crippen LogP contribution in [0.25, 0.3) is 0 Å². The molecule has 0 heterocycles. The third kappa shape index (κ3) is 5.28. The van der Waals surface area contributed by atoms with Gasteiger partial charge in [-0.2, -0.15) is 0 Å². The molecular formula is C7H14N2O. The Bertz CT molecular complexity index is 141. The Kier molecular flexibility index (Phi) is 4.54. The lowest BCUT2D eigenvalue weighted by molar-refractivity contribution is 0.256. The van der Waals surface area contributed by atoms with Gasteiger partial charge in [-0.05, 0) is 19.8 Å². The van der Waals surface area contributed by atoms with Crippen molar-refractivity contribution in [1.29, 1.82) is 0 Å². The van der Waals surface area contributed by atoms with Crippen LogP contribution in [-0.4, -0.2) is 11.7 Å². The second kappa shape index (κ2) is 4.97. The largest absolute Gasteiger partial charge is 0.350 e. The number of hydrogen-bond acceptors (Lipinski definition) is 1. The number of nitrogens with two attached hydrogens (primary N) is 1. The third-order valence-corrected chi connectivity index (χ3v) is 1.19. The highest BCUT2D eigenvalue weighted by Gasteiger charge is 1.92. The van der Waals surface area contributed by atoms with Gasteiger partial charge in [0.1, 0.15) is 0 Å². The number of primary amides is 1. The minimum atomic E-state index is -0.589. The molecule has 0 aromatic carbocycles. The molecule has 0 aromatic rings. The van der Waals surface area contributed by atoms with Crippen molar-refractivity contribution in [3.63, 3.8) is 0 Å². The van der Waals surface area contributed by atoms with Crippen LogP contribution in [0, 0.1) is 0 Å². The zero-order valence-corrected chi connectivity index (χ0v) is 6.55. The lowest BCUT2D eigenvalue weighted by atomic mass is 10.2. The van der Waals surface area contributed by atoms with Crippen LogP contribution >= 0.6 is 0 Å². The Hall–Kier alpha value is -0.860. The number of urea groups is 1. The van der Waals surface area contributed by atoms with E-state index in [1.165, 1.54) is 0 Å². The van der Waals surface area contributed by atoms with Crippen molar-refractivity contribution >= 4 is 11.7 Å². The van der Waals surface area contributed by atoms with Gasteiger partial charge in [-0.3, -0.25) is 0 Å². The van der Waals surface area contributed by atoms with Crippen molar-refractivity contribution in [2.45, 2.75) is 33.1 Å². The van der Waals surface area contributed by atoms with Crippen LogP contribution in [0.4, 0.5) is 4.79 Å². The molecule has 0 atom stereocenters. The molecule has 3 nitrogen and oxygen atoms in total. The van der Waals surface area contributed by atoms with Crippen molar-refractivity contribution in [2.75, 3.05) is 0 Å². The topological polar surface area (TPSA) is 55.4 Å². The molecular weight excluding hydrogens is 128 g/mol. The highest BCUT2D eigenvalue weighted by molar-refractivity contribution is 5.92. The van der Waals surface area contributed by atoms with Gasteiger partial charge in [-0.15, -0.1) is 0 Å². The lowest BCUT2D eigenvalue weighted by Crippen LogP contribution is -2.07. The molecule has 0 spiro atoms. The third-order valence-electron chi connectivity index (χ3n) is 1.19. The summed E-state index contributed by atoms with van der Waals surface area (Å²) in [5, 5.41) is 0. The Morgan fingerprint density at radius 1 is 1.60 bits per heavy atom. The second-order valence-corrected chi connectivity index (χ2v) is 2.29. The molecule has 0 aliphatic rings. The Balaban J connectivity index is 3.60. The van der Waals surface area contributed by atoms with Crippen LogP contribution in [0.3, 0.4) is 0 Å². The van der Waals surface area contributed by atoms with Gasteiger partial charge in [0.15, 0.2) is 0 Å². The summed E-state index contributed by atoms with van der Waals surface area (Å²) in [6.45, 7) is 3.91. The molecule has 0 unspecified atom stereocenters. The number of rotatable bonds is 3. The summed E-state index contributed by atoms with van der Waals surface area (Å²) in [5.74, 6) is 0. The fourth-order valence-corrected chi connectivity index (χ4v) is 0.677. The van der Waals surface area contributed by atoms with E-state index in [1.54, 1.807) is 0 Å². The fraction of sp³-hybridized carbons (Fsp3) is 0.714. The van der Waals surface area contributed by atoms with Gasteiger partial charge in [0.05, 0.1) is 0 Å². The average molecular weight is 142 g/mol. The van der Waals surface area contributed by atoms with Crippen molar-refractivity contribution < 1.29 is 4.79 Å². The first kappa shape index (κ1) is 9.14. The van der Waals surface area contributed by atoms with Crippen LogP contribution in [0.5, 0.6) is 0 Å². The van der Waals surface area contributed by atoms with Crippen molar-refractivity contribution in [3.05, 3.63) is 0 Å². The molecule has 10 heavy (non-hydrogen) atoms. The number of aliphatic imine (C=N–C) groups is 1. The maximum Gasteiger partial charge on any atom is 0.338 e. The number of carbonyl (C=O) groups is 1. The van der Waals surface area contributed by atoms with Crippen LogP contribution < -0.4 is 5.73 Å². The molecule has 0 fully saturated rings. The first-order valence-corrected chi connectivity index (χ1v) is 3.50. The average Bonchev–Trinajstić information content (AvgIpc) is 1.82. The predicted octanol–water partition coefficient (Wildman–Crippen LogP) is 1.72. The summed E-state index contributed by atoms with van der Waals surface area (Å²) in [6, 6.07) is -0.589. The Morgan fingerprint density at radius 3 is 2.60 bits per heavy atom. The molecule has 0 bridgehead atoms. The minimum absolute atomic E-state index is 0.589. The predicted molar refractivity (Wildman–Crippen MR) is 42.2 cm³/mol. The number of amides is 2. The number of carbonyl (C=O) groups excluding carboxylic acids is 1. The first-order valence-electron chi connectivity index (χ1n) is 3.50. The second-order valence-electron chi connectivity index (χ2n) is 2.29. The smallest absolute Gasteiger partial charge is 0.338 e. The summed E-state index contributed by atoms with van der Waals surface area (Å²) >= 11 is 0. The Morgan fingerprint density at radius 2 is 2.20 bits per heavy atom. The molecule has 0 aliphatic carbocycles. The highest BCUT2D eigenvalue weighted by atomic mass is 16.2. The van der Waals surface area contributed by atoms with Gasteiger partial charge in [0.25, 0.3) is 0 Å². The SMILES string of the molecule is CCCCC(C)=NC(N)=O. The van der Waals surface area contributed by atoms with Crippen LogP contribution in [-0.2, 0) is 0 Å². The summed E-state index contributed by atoms with van der Waals surface area (Å²) < 4.78 is 0. The van der Waals surface area contributed by atoms with Crippen LogP contribution in [0.1, 0.15) is 33.1 Å². The van der Waals surface area contributed by atoms with Crippen LogP contribution in [0.15, 0.2) is 4.99 Å². The summed E-state index contributed by atoms with van der Waals surface area (Å²) in [7, 11) is 0. The van der Waals surface area contributed by atoms with E-state index in [2.05, 4.69) is 11.9 Å². The molecule has 0 aromatic heterocycles. The highest BCUT2D eigenvalue weighted by Crippen LogP contribution is 1.95. The van der Waals surface area contributed by atoms with E-state index in [0.29, 0.717) is 0 Å². The maximum absolute atomic E-state index is 10.2. The van der Waals surface area contributed by atoms with Gasteiger partial charge >= 0.3 is 6.03 Å². The van der Waals surface area contributed by atoms with Gasteiger partial charge in [0, 0.05) is 5.71 Å². The summed E-state index contributed by atoms with van der Waals surface area (Å²) in [4.78, 5) is 13.8. The van der Waals surface area contributed by atoms with E-state index in [-0.39, 0.29) is 0 Å². The van der Waals surface area contributed by atoms with Gasteiger partial charge in [-0.1, -0.05) is 13.3 Å². The van der Waals surface area contributed by atoms with E-state index < -0.39 is 6.03 Å². The molecule has 2 N–H and O–H groups in total. The Labute approximate surface area is 61.3 Å². The number of unbranched alkanes of at least 4 members (excludes halogenated alkanes) is 1. The molecule has 0 saturated heterocycles. The molecule has 2 amide bonds. The summed E-state index contributed by atoms with van der Waals surface area (Å²) in [5.41, 5.74) is 5.67. The van der Waals surface area contributed by atoms with Gasteiger partial charge in [-0.25, -0.2) is 9.79 Å². The summed E-state index contributed by atoms with van der Waals surface area (Å²) in [6.07, 6.45) is 3.06. The maximum atomic E-state index is 10.2. The quantitative estimate of drug-likeness (QED) is 0.599. The molecule has 0 rings (SSSR count). The molecule has 0 saturated carbocycles. The van der Waals surface area contributed by atoms with Crippen molar-refractivity contribution in [3.8, 4) is 0 Å². The van der Waals surface area contributed by atoms with Crippen molar-refractivity contribution in [2.24, 2.45) is 10.7 Å². The molecule has 58 valence electrons. The monoisotopic (exact) mass is 142 g/mol. The minimum Gasteiger partial charge on any atom is -0.350 e. The zero-order chi connectivity index (χ0) is 7.98. The van der Waals surface area contributed by atoms with E-state index in [0.717, 1.165) is 25.0 Å². The van der Waals surface area contributed by atoms with E-state index in [9.17, 15) is 4.79 Å². The number of hydrogen-bond donors (Lipinski definition) is 1. The normalized spacial score (nSPS) is 11.6. The first-order chi connectivity index (χ1) is 4.66. The molecule has 3 heteroatoms.